The van der Waals surface area contributed by atoms with Crippen molar-refractivity contribution in [1.29, 1.82) is 0 Å². The molecule has 0 fully saturated rings. The molecular formula is C12H13BFN4O+. The molecule has 0 saturated heterocycles. The molecule has 0 aliphatic rings. The van der Waals surface area contributed by atoms with Gasteiger partial charge in [0.2, 0.25) is 4.91 Å². The van der Waals surface area contributed by atoms with Crippen molar-refractivity contribution in [3.63, 3.8) is 0 Å². The lowest BCUT2D eigenvalue weighted by Crippen LogP contribution is -2.30. The zero-order valence-corrected chi connectivity index (χ0v) is 10.7. The Labute approximate surface area is 111 Å². The molecule has 0 spiro atoms. The molecule has 5 nitrogen and oxygen atoms in total. The van der Waals surface area contributed by atoms with E-state index < -0.39 is 17.8 Å². The van der Waals surface area contributed by atoms with Gasteiger partial charge < -0.3 is 5.32 Å². The second-order valence-corrected chi connectivity index (χ2v) is 3.81. The molecule has 1 aromatic carbocycles. The predicted octanol–water partition coefficient (Wildman–Crippen LogP) is -0.524. The summed E-state index contributed by atoms with van der Waals surface area (Å²) in [7, 11) is 3.29. The van der Waals surface area contributed by atoms with Crippen molar-refractivity contribution in [3.8, 4) is 12.3 Å². The molecule has 96 valence electrons. The van der Waals surface area contributed by atoms with E-state index in [9.17, 15) is 9.18 Å². The monoisotopic (exact) mass is 259 g/mol. The summed E-state index contributed by atoms with van der Waals surface area (Å²) in [4.78, 5) is 14.7. The van der Waals surface area contributed by atoms with Gasteiger partial charge in [0.05, 0.1) is 6.04 Å². The van der Waals surface area contributed by atoms with Gasteiger partial charge in [-0.25, -0.2) is 4.39 Å². The van der Waals surface area contributed by atoms with Crippen LogP contribution in [0.25, 0.3) is 0 Å². The van der Waals surface area contributed by atoms with Crippen molar-refractivity contribution < 1.29 is 9.18 Å². The van der Waals surface area contributed by atoms with Crippen LogP contribution in [0.3, 0.4) is 0 Å². The maximum atomic E-state index is 13.8. The third-order valence-electron chi connectivity index (χ3n) is 2.38. The van der Waals surface area contributed by atoms with Crippen LogP contribution in [0.15, 0.2) is 28.4 Å². The van der Waals surface area contributed by atoms with Crippen molar-refractivity contribution in [2.24, 2.45) is 10.2 Å². The molecule has 0 aliphatic heterocycles. The molecule has 1 N–H and O–H groups in total. The summed E-state index contributed by atoms with van der Waals surface area (Å²) in [5.41, 5.74) is 1.19. The number of benzene rings is 1. The number of hydrogen-bond acceptors (Lipinski definition) is 3. The second kappa shape index (κ2) is 7.09. The number of carbonyl (C=O) groups is 1. The Kier molecular flexibility index (Phi) is 5.46. The normalized spacial score (nSPS) is 10.8. The van der Waals surface area contributed by atoms with Gasteiger partial charge in [-0.1, -0.05) is 17.6 Å². The van der Waals surface area contributed by atoms with E-state index in [1.807, 2.05) is 13.8 Å². The summed E-state index contributed by atoms with van der Waals surface area (Å²) in [6, 6.07) is 3.94. The van der Waals surface area contributed by atoms with Crippen molar-refractivity contribution in [2.75, 3.05) is 13.6 Å². The molecule has 1 aromatic rings. The van der Waals surface area contributed by atoms with E-state index in [1.54, 1.807) is 12.1 Å². The highest BCUT2D eigenvalue weighted by atomic mass is 19.1. The van der Waals surface area contributed by atoms with E-state index >= 15 is 0 Å². The lowest BCUT2D eigenvalue weighted by molar-refractivity contribution is -0.116. The summed E-state index contributed by atoms with van der Waals surface area (Å²) in [6.45, 7) is 0.0606. The number of nitrogens with one attached hydrogen (secondary N) is 1. The number of nitrogens with zero attached hydrogens (tertiary/aromatic N) is 3. The van der Waals surface area contributed by atoms with Gasteiger partial charge in [0.15, 0.2) is 0 Å². The highest BCUT2D eigenvalue weighted by molar-refractivity contribution is 6.32. The fourth-order valence-electron chi connectivity index (χ4n) is 1.53. The van der Waals surface area contributed by atoms with Crippen LogP contribution < -0.4 is 15.7 Å². The van der Waals surface area contributed by atoms with E-state index in [-0.39, 0.29) is 6.54 Å². The van der Waals surface area contributed by atoms with Crippen LogP contribution in [0.2, 0.25) is 0 Å². The minimum absolute atomic E-state index is 0.0606. The van der Waals surface area contributed by atoms with Gasteiger partial charge in [-0.05, 0) is 12.0 Å². The summed E-state index contributed by atoms with van der Waals surface area (Å²) < 4.78 is 13.8. The topological polar surface area (TPSA) is 67.9 Å². The first-order valence-corrected chi connectivity index (χ1v) is 5.57. The quantitative estimate of drug-likeness (QED) is 0.336. The third-order valence-corrected chi connectivity index (χ3v) is 2.38. The smallest absolute Gasteiger partial charge is 0.296 e. The lowest BCUT2D eigenvalue weighted by atomic mass is 9.92. The Morgan fingerprint density at radius 3 is 3.05 bits per heavy atom. The molecule has 1 amide bonds. The van der Waals surface area contributed by atoms with Crippen LogP contribution >= 0.6 is 0 Å². The predicted molar refractivity (Wildman–Crippen MR) is 72.1 cm³/mol. The summed E-state index contributed by atoms with van der Waals surface area (Å²) in [6.07, 6.45) is 4.99. The Balaban J connectivity index is 3.07. The first-order chi connectivity index (χ1) is 9.08. The van der Waals surface area contributed by atoms with Crippen LogP contribution in [-0.4, -0.2) is 27.3 Å². The molecule has 0 heterocycles. The fraction of sp³-hybridized carbons (Fsp3) is 0.250. The molecule has 19 heavy (non-hydrogen) atoms. The molecular weight excluding hydrogens is 246 g/mol. The van der Waals surface area contributed by atoms with Gasteiger partial charge >= 0.3 is 0 Å². The second-order valence-electron chi connectivity index (χ2n) is 3.81. The number of amides is 1. The Morgan fingerprint density at radius 1 is 1.68 bits per heavy atom. The average molecular weight is 259 g/mol. The molecule has 0 saturated carbocycles. The Hall–Kier alpha value is -2.45. The Morgan fingerprint density at radius 2 is 2.42 bits per heavy atom. The number of hydrogen-bond donors (Lipinski definition) is 1. The number of terminal acetylenes is 1. The first-order valence-electron chi connectivity index (χ1n) is 5.57. The van der Waals surface area contributed by atoms with Crippen molar-refractivity contribution >= 4 is 19.2 Å². The van der Waals surface area contributed by atoms with Gasteiger partial charge in [-0.3, -0.25) is 4.79 Å². The van der Waals surface area contributed by atoms with Crippen molar-refractivity contribution in [1.82, 2.24) is 10.2 Å². The third kappa shape index (κ3) is 4.38. The van der Waals surface area contributed by atoms with E-state index in [0.29, 0.717) is 5.56 Å². The van der Waals surface area contributed by atoms with Crippen LogP contribution in [0.5, 0.6) is 0 Å². The number of rotatable bonds is 4. The largest absolute Gasteiger partial charge is 0.336 e. The van der Waals surface area contributed by atoms with Gasteiger partial charge in [-0.2, -0.15) is 0 Å². The summed E-state index contributed by atoms with van der Waals surface area (Å²) >= 11 is 0. The molecule has 0 aromatic heterocycles. The van der Waals surface area contributed by atoms with E-state index in [1.165, 1.54) is 13.1 Å². The van der Waals surface area contributed by atoms with Gasteiger partial charge in [0.25, 0.3) is 5.91 Å². The maximum Gasteiger partial charge on any atom is 0.296 e. The van der Waals surface area contributed by atoms with Crippen molar-refractivity contribution in [2.45, 2.75) is 6.04 Å². The van der Waals surface area contributed by atoms with Crippen molar-refractivity contribution in [3.05, 3.63) is 29.6 Å². The standard InChI is InChI=1S/C12H12BFN4O/c1-3-12(19)17-11(7-16-18-15-2)9-6-8(13)4-5-10(9)14/h1,4-6,11H,7,13H2,2H3/p+1. The summed E-state index contributed by atoms with van der Waals surface area (Å²) in [5.74, 6) is 0.858. The number of carbonyl (C=O) groups excluding carboxylic acids is 1. The molecule has 0 bridgehead atoms. The number of halogens is 1. The van der Waals surface area contributed by atoms with Crippen LogP contribution in [0.1, 0.15) is 11.6 Å². The highest BCUT2D eigenvalue weighted by Gasteiger charge is 2.19. The van der Waals surface area contributed by atoms with Gasteiger partial charge in [-0.15, -0.1) is 6.42 Å². The van der Waals surface area contributed by atoms with E-state index in [2.05, 4.69) is 20.5 Å². The zero-order valence-electron chi connectivity index (χ0n) is 10.7. The van der Waals surface area contributed by atoms with E-state index in [0.717, 1.165) is 5.46 Å². The van der Waals surface area contributed by atoms with Crippen LogP contribution in [0.4, 0.5) is 4.39 Å². The van der Waals surface area contributed by atoms with E-state index in [4.69, 9.17) is 6.42 Å². The molecule has 1 atom stereocenters. The highest BCUT2D eigenvalue weighted by Crippen LogP contribution is 2.16. The molecule has 1 rings (SSSR count). The van der Waals surface area contributed by atoms with Gasteiger partial charge in [0, 0.05) is 5.56 Å². The molecule has 7 heteroatoms. The molecule has 0 aliphatic carbocycles. The summed E-state index contributed by atoms with van der Waals surface area (Å²) in [5, 5.41) is 9.68. The first kappa shape index (κ1) is 14.6. The maximum absolute atomic E-state index is 13.8. The Bertz CT molecular complexity index is 576. The minimum atomic E-state index is -0.672. The lowest BCUT2D eigenvalue weighted by Gasteiger charge is -2.14. The zero-order chi connectivity index (χ0) is 14.3. The van der Waals surface area contributed by atoms with Crippen LogP contribution in [-0.2, 0) is 4.79 Å². The van der Waals surface area contributed by atoms with Crippen LogP contribution in [0, 0.1) is 18.2 Å². The minimum Gasteiger partial charge on any atom is -0.336 e. The SMILES string of the molecule is Bc1ccc(F)c(C(CN=[N+]=NC)NC(=O)C#C)c1. The van der Waals surface area contributed by atoms with Gasteiger partial charge in [0.1, 0.15) is 37.5 Å². The molecule has 1 unspecified atom stereocenters. The molecule has 0 radical (unpaired) electrons. The fourth-order valence-corrected chi connectivity index (χ4v) is 1.53. The average Bonchev–Trinajstić information content (AvgIpc) is 2.40.